The molecule has 0 amide bonds. The summed E-state index contributed by atoms with van der Waals surface area (Å²) >= 11 is 4.57. The van der Waals surface area contributed by atoms with Crippen LogP contribution in [0.25, 0.3) is 0 Å². The lowest BCUT2D eigenvalue weighted by atomic mass is 9.45. The van der Waals surface area contributed by atoms with Gasteiger partial charge in [-0.25, -0.2) is 0 Å². The molecule has 0 bridgehead atoms. The highest BCUT2D eigenvalue weighted by Crippen LogP contribution is 2.82. The molecule has 6 aliphatic rings. The standard InChI is InChI=1S/C26H42OS2/c1-16(23-28-12-5-13-29-23)19-6-7-20-18-14-22(27-4)26-15-17(26)8-11-25(26,3)21(18)9-10-24(19,20)2/h16-23H,5-15H2,1-4H3/t16-,17-,18+,19-,20+,21+,22-,24-,25-,26+/m1/s1. The van der Waals surface area contributed by atoms with E-state index in [1.54, 1.807) is 0 Å². The third kappa shape index (κ3) is 2.53. The third-order valence-corrected chi connectivity index (χ3v) is 15.2. The van der Waals surface area contributed by atoms with Gasteiger partial charge in [-0.15, -0.1) is 23.5 Å². The molecule has 5 aliphatic carbocycles. The number of methoxy groups -OCH3 is 1. The van der Waals surface area contributed by atoms with E-state index in [4.69, 9.17) is 4.74 Å². The summed E-state index contributed by atoms with van der Waals surface area (Å²) in [6.45, 7) is 8.08. The van der Waals surface area contributed by atoms with Crippen molar-refractivity contribution in [3.63, 3.8) is 0 Å². The minimum Gasteiger partial charge on any atom is -0.381 e. The summed E-state index contributed by atoms with van der Waals surface area (Å²) in [5.41, 5.74) is 1.76. The maximum absolute atomic E-state index is 6.31. The van der Waals surface area contributed by atoms with Crippen molar-refractivity contribution in [2.75, 3.05) is 18.6 Å². The molecule has 6 fully saturated rings. The van der Waals surface area contributed by atoms with Gasteiger partial charge >= 0.3 is 0 Å². The summed E-state index contributed by atoms with van der Waals surface area (Å²) in [4.78, 5) is 0. The van der Waals surface area contributed by atoms with Crippen LogP contribution in [0.5, 0.6) is 0 Å². The lowest BCUT2D eigenvalue weighted by Crippen LogP contribution is -2.57. The van der Waals surface area contributed by atoms with Crippen LogP contribution in [0, 0.1) is 51.8 Å². The van der Waals surface area contributed by atoms with E-state index in [1.807, 2.05) is 7.11 Å². The molecule has 0 aromatic carbocycles. The van der Waals surface area contributed by atoms with Crippen molar-refractivity contribution >= 4 is 23.5 Å². The van der Waals surface area contributed by atoms with E-state index in [-0.39, 0.29) is 0 Å². The van der Waals surface area contributed by atoms with E-state index in [0.29, 0.717) is 22.3 Å². The van der Waals surface area contributed by atoms with Crippen LogP contribution in [-0.2, 0) is 4.74 Å². The van der Waals surface area contributed by atoms with Gasteiger partial charge in [-0.05, 0) is 116 Å². The van der Waals surface area contributed by atoms with Gasteiger partial charge in [-0.3, -0.25) is 0 Å². The predicted molar refractivity (Wildman–Crippen MR) is 126 cm³/mol. The molecule has 29 heavy (non-hydrogen) atoms. The maximum Gasteiger partial charge on any atom is 0.0638 e. The molecule has 3 heteroatoms. The second-order valence-corrected chi connectivity index (χ2v) is 15.1. The molecule has 1 heterocycles. The Labute approximate surface area is 187 Å². The minimum absolute atomic E-state index is 0.560. The van der Waals surface area contributed by atoms with E-state index >= 15 is 0 Å². The molecule has 5 saturated carbocycles. The second kappa shape index (κ2) is 6.83. The molecule has 0 N–H and O–H groups in total. The fourth-order valence-electron chi connectivity index (χ4n) is 10.5. The molecule has 164 valence electrons. The molecular formula is C26H42OS2. The Kier molecular flexibility index (Phi) is 4.78. The summed E-state index contributed by atoms with van der Waals surface area (Å²) in [6, 6.07) is 0. The van der Waals surface area contributed by atoms with Crippen LogP contribution >= 0.6 is 23.5 Å². The van der Waals surface area contributed by atoms with E-state index in [1.165, 1.54) is 69.3 Å². The first-order valence-corrected chi connectivity index (χ1v) is 14.8. The lowest BCUT2D eigenvalue weighted by Gasteiger charge is -2.61. The van der Waals surface area contributed by atoms with Gasteiger partial charge in [0.05, 0.1) is 10.7 Å². The zero-order valence-electron chi connectivity index (χ0n) is 19.1. The van der Waals surface area contributed by atoms with E-state index in [2.05, 4.69) is 44.3 Å². The molecule has 1 saturated heterocycles. The van der Waals surface area contributed by atoms with Gasteiger partial charge in [-0.2, -0.15) is 0 Å². The quantitative estimate of drug-likeness (QED) is 0.469. The zero-order valence-corrected chi connectivity index (χ0v) is 20.8. The first-order chi connectivity index (χ1) is 14.0. The number of ether oxygens (including phenoxy) is 1. The van der Waals surface area contributed by atoms with Gasteiger partial charge in [0.15, 0.2) is 0 Å². The maximum atomic E-state index is 6.31. The fourth-order valence-corrected chi connectivity index (χ4v) is 13.7. The monoisotopic (exact) mass is 434 g/mol. The first-order valence-electron chi connectivity index (χ1n) is 12.7. The van der Waals surface area contributed by atoms with Gasteiger partial charge < -0.3 is 4.74 Å². The van der Waals surface area contributed by atoms with Crippen molar-refractivity contribution in [3.8, 4) is 0 Å². The minimum atomic E-state index is 0.560. The highest BCUT2D eigenvalue weighted by Gasteiger charge is 2.77. The molecule has 1 aliphatic heterocycles. The van der Waals surface area contributed by atoms with Gasteiger partial charge in [-0.1, -0.05) is 20.8 Å². The van der Waals surface area contributed by atoms with Crippen LogP contribution < -0.4 is 0 Å². The number of hydrogen-bond acceptors (Lipinski definition) is 3. The molecule has 0 unspecified atom stereocenters. The lowest BCUT2D eigenvalue weighted by molar-refractivity contribution is -0.160. The van der Waals surface area contributed by atoms with Crippen molar-refractivity contribution in [1.82, 2.24) is 0 Å². The zero-order chi connectivity index (χ0) is 20.0. The fraction of sp³-hybridized carbons (Fsp3) is 1.00. The number of fused-ring (bicyclic) bond motifs is 4. The summed E-state index contributed by atoms with van der Waals surface area (Å²) < 4.78 is 7.17. The Morgan fingerprint density at radius 1 is 0.966 bits per heavy atom. The second-order valence-electron chi connectivity index (χ2n) is 12.3. The molecule has 1 nitrogen and oxygen atoms in total. The van der Waals surface area contributed by atoms with Crippen LogP contribution in [0.15, 0.2) is 0 Å². The van der Waals surface area contributed by atoms with E-state index < -0.39 is 0 Å². The third-order valence-electron chi connectivity index (χ3n) is 11.8. The summed E-state index contributed by atoms with van der Waals surface area (Å²) in [5, 5.41) is 0. The largest absolute Gasteiger partial charge is 0.381 e. The molecular weight excluding hydrogens is 392 g/mol. The smallest absolute Gasteiger partial charge is 0.0638 e. The van der Waals surface area contributed by atoms with Gasteiger partial charge in [0.1, 0.15) is 0 Å². The molecule has 6 rings (SSSR count). The predicted octanol–water partition coefficient (Wildman–Crippen LogP) is 7.10. The summed E-state index contributed by atoms with van der Waals surface area (Å²) in [7, 11) is 2.03. The Balaban J connectivity index is 1.28. The van der Waals surface area contributed by atoms with Crippen molar-refractivity contribution in [2.45, 2.75) is 89.2 Å². The summed E-state index contributed by atoms with van der Waals surface area (Å²) in [6.07, 6.45) is 13.9. The van der Waals surface area contributed by atoms with Crippen molar-refractivity contribution in [3.05, 3.63) is 0 Å². The van der Waals surface area contributed by atoms with Crippen molar-refractivity contribution in [1.29, 1.82) is 0 Å². The Hall–Kier alpha value is 0.660. The normalized spacial score (nSPS) is 57.5. The molecule has 10 atom stereocenters. The van der Waals surface area contributed by atoms with Crippen molar-refractivity contribution in [2.24, 2.45) is 51.8 Å². The van der Waals surface area contributed by atoms with E-state index in [0.717, 1.165) is 40.1 Å². The Morgan fingerprint density at radius 3 is 2.48 bits per heavy atom. The van der Waals surface area contributed by atoms with Crippen LogP contribution in [0.1, 0.15) is 78.6 Å². The van der Waals surface area contributed by atoms with Gasteiger partial charge in [0.25, 0.3) is 0 Å². The van der Waals surface area contributed by atoms with Crippen molar-refractivity contribution < 1.29 is 4.74 Å². The topological polar surface area (TPSA) is 9.23 Å². The SMILES string of the molecule is CO[C@@H]1C[C@H]2[C@@H]3CC[C@H]([C@@H](C)C4SCCCS4)[C@@]3(C)CC[C@@H]2[C@@]2(C)CC[C@@H]3C[C@]312. The number of thioether (sulfide) groups is 2. The molecule has 1 spiro atoms. The number of rotatable bonds is 3. The first kappa shape index (κ1) is 20.3. The van der Waals surface area contributed by atoms with Crippen LogP contribution in [0.4, 0.5) is 0 Å². The molecule has 0 aromatic rings. The van der Waals surface area contributed by atoms with Crippen LogP contribution in [0.2, 0.25) is 0 Å². The average molecular weight is 435 g/mol. The van der Waals surface area contributed by atoms with Crippen LogP contribution in [0.3, 0.4) is 0 Å². The number of hydrogen-bond donors (Lipinski definition) is 0. The Bertz CT molecular complexity index is 661. The highest BCUT2D eigenvalue weighted by atomic mass is 32.2. The van der Waals surface area contributed by atoms with Gasteiger partial charge in [0.2, 0.25) is 0 Å². The van der Waals surface area contributed by atoms with E-state index in [9.17, 15) is 0 Å². The van der Waals surface area contributed by atoms with Crippen LogP contribution in [-0.4, -0.2) is 29.3 Å². The Morgan fingerprint density at radius 2 is 1.76 bits per heavy atom. The van der Waals surface area contributed by atoms with Gasteiger partial charge in [0, 0.05) is 12.5 Å². The molecule has 0 aromatic heterocycles. The summed E-state index contributed by atoms with van der Waals surface area (Å²) in [5.74, 6) is 8.55. The molecule has 0 radical (unpaired) electrons. The average Bonchev–Trinajstić information content (AvgIpc) is 3.25. The highest BCUT2D eigenvalue weighted by molar-refractivity contribution is 8.17.